The molecule has 0 aromatic heterocycles. The highest BCUT2D eigenvalue weighted by molar-refractivity contribution is 9.10. The number of benzene rings is 3. The number of anilines is 1. The number of hydrogen-bond donors (Lipinski definition) is 1. The number of fused-ring (bicyclic) bond motifs is 1. The smallest absolute Gasteiger partial charge is 0.128 e. The lowest BCUT2D eigenvalue weighted by molar-refractivity contribution is 0.612. The van der Waals surface area contributed by atoms with Crippen LogP contribution in [0.2, 0.25) is 0 Å². The van der Waals surface area contributed by atoms with Crippen LogP contribution in [0.5, 0.6) is 0 Å². The van der Waals surface area contributed by atoms with E-state index in [9.17, 15) is 4.39 Å². The van der Waals surface area contributed by atoms with Gasteiger partial charge in [-0.15, -0.1) is 0 Å². The van der Waals surface area contributed by atoms with Crippen molar-refractivity contribution in [2.45, 2.75) is 13.5 Å². The highest BCUT2D eigenvalue weighted by Crippen LogP contribution is 2.30. The third-order valence-electron chi connectivity index (χ3n) is 3.54. The molecule has 3 rings (SSSR count). The van der Waals surface area contributed by atoms with Gasteiger partial charge in [-0.1, -0.05) is 57.9 Å². The number of rotatable bonds is 3. The van der Waals surface area contributed by atoms with E-state index < -0.39 is 0 Å². The summed E-state index contributed by atoms with van der Waals surface area (Å²) in [5, 5.41) is 5.61. The fourth-order valence-corrected chi connectivity index (χ4v) is 2.92. The molecule has 1 N–H and O–H groups in total. The van der Waals surface area contributed by atoms with Crippen LogP contribution >= 0.6 is 15.9 Å². The van der Waals surface area contributed by atoms with Gasteiger partial charge in [-0.25, -0.2) is 4.39 Å². The van der Waals surface area contributed by atoms with Crippen LogP contribution in [0.3, 0.4) is 0 Å². The lowest BCUT2D eigenvalue weighted by Gasteiger charge is -2.12. The second kappa shape index (κ2) is 5.86. The summed E-state index contributed by atoms with van der Waals surface area (Å²) in [4.78, 5) is 0. The van der Waals surface area contributed by atoms with E-state index in [4.69, 9.17) is 0 Å². The molecule has 1 nitrogen and oxygen atoms in total. The van der Waals surface area contributed by atoms with E-state index in [1.165, 1.54) is 6.07 Å². The molecule has 0 spiro atoms. The van der Waals surface area contributed by atoms with Crippen LogP contribution in [-0.4, -0.2) is 0 Å². The summed E-state index contributed by atoms with van der Waals surface area (Å²) in [5.41, 5.74) is 2.76. The van der Waals surface area contributed by atoms with Gasteiger partial charge in [-0.3, -0.25) is 0 Å². The van der Waals surface area contributed by atoms with Crippen molar-refractivity contribution in [2.24, 2.45) is 0 Å². The Hall–Kier alpha value is -1.87. The molecule has 0 heterocycles. The van der Waals surface area contributed by atoms with Gasteiger partial charge in [0.2, 0.25) is 0 Å². The van der Waals surface area contributed by atoms with E-state index in [1.807, 2.05) is 37.3 Å². The third-order valence-corrected chi connectivity index (χ3v) is 4.23. The number of nitrogens with one attached hydrogen (secondary N) is 1. The highest BCUT2D eigenvalue weighted by atomic mass is 79.9. The van der Waals surface area contributed by atoms with Gasteiger partial charge < -0.3 is 5.32 Å². The quantitative estimate of drug-likeness (QED) is 0.646. The Bertz CT molecular complexity index is 798. The fourth-order valence-electron chi connectivity index (χ4n) is 2.45. The molecule has 0 radical (unpaired) electrons. The third kappa shape index (κ3) is 2.93. The van der Waals surface area contributed by atoms with Crippen molar-refractivity contribution in [2.75, 3.05) is 5.32 Å². The Balaban J connectivity index is 1.92. The van der Waals surface area contributed by atoms with Gasteiger partial charge in [0.15, 0.2) is 0 Å². The van der Waals surface area contributed by atoms with E-state index in [2.05, 4.69) is 33.4 Å². The summed E-state index contributed by atoms with van der Waals surface area (Å²) in [6.07, 6.45) is 0. The first-order valence-electron chi connectivity index (χ1n) is 6.81. The summed E-state index contributed by atoms with van der Waals surface area (Å²) < 4.78 is 14.9. The van der Waals surface area contributed by atoms with Crippen LogP contribution in [0.4, 0.5) is 10.1 Å². The second-order valence-corrected chi connectivity index (χ2v) is 5.94. The van der Waals surface area contributed by atoms with Crippen LogP contribution < -0.4 is 5.32 Å². The molecule has 0 aliphatic carbocycles. The molecule has 21 heavy (non-hydrogen) atoms. The number of hydrogen-bond acceptors (Lipinski definition) is 1. The minimum atomic E-state index is -0.172. The molecule has 3 aromatic rings. The largest absolute Gasteiger partial charge is 0.380 e. The maximum atomic E-state index is 13.8. The van der Waals surface area contributed by atoms with E-state index >= 15 is 0 Å². The summed E-state index contributed by atoms with van der Waals surface area (Å²) in [6, 6.07) is 17.4. The van der Waals surface area contributed by atoms with Crippen LogP contribution in [-0.2, 0) is 6.54 Å². The zero-order valence-electron chi connectivity index (χ0n) is 11.7. The first-order valence-corrected chi connectivity index (χ1v) is 7.60. The van der Waals surface area contributed by atoms with E-state index in [1.54, 1.807) is 6.07 Å². The molecule has 0 saturated heterocycles. The maximum Gasteiger partial charge on any atom is 0.128 e. The van der Waals surface area contributed by atoms with Crippen molar-refractivity contribution in [3.63, 3.8) is 0 Å². The Kier molecular flexibility index (Phi) is 3.93. The monoisotopic (exact) mass is 343 g/mol. The Morgan fingerprint density at radius 2 is 1.76 bits per heavy atom. The Morgan fingerprint density at radius 1 is 1.00 bits per heavy atom. The first kappa shape index (κ1) is 14.1. The maximum absolute atomic E-state index is 13.8. The SMILES string of the molecule is Cc1ccc(F)c(CNc2ccc(Br)c3ccccc23)c1. The standard InChI is InChI=1S/C18H15BrFN/c1-12-6-8-17(20)13(10-12)11-21-18-9-7-16(19)14-4-2-3-5-15(14)18/h2-10,21H,11H2,1H3. The first-order chi connectivity index (χ1) is 10.1. The molecule has 0 aliphatic rings. The molecule has 3 aromatic carbocycles. The zero-order chi connectivity index (χ0) is 14.8. The molecule has 0 bridgehead atoms. The van der Waals surface area contributed by atoms with Gasteiger partial charge in [0.05, 0.1) is 0 Å². The molecular formula is C18H15BrFN. The predicted octanol–water partition coefficient (Wildman–Crippen LogP) is 5.66. The van der Waals surface area contributed by atoms with Crippen LogP contribution in [0, 0.1) is 12.7 Å². The van der Waals surface area contributed by atoms with Crippen molar-refractivity contribution in [3.8, 4) is 0 Å². The van der Waals surface area contributed by atoms with Crippen LogP contribution in [0.15, 0.2) is 59.1 Å². The van der Waals surface area contributed by atoms with Crippen molar-refractivity contribution >= 4 is 32.4 Å². The number of halogens is 2. The summed E-state index contributed by atoms with van der Waals surface area (Å²) in [6.45, 7) is 2.44. The van der Waals surface area contributed by atoms with E-state index in [0.29, 0.717) is 12.1 Å². The minimum absolute atomic E-state index is 0.172. The lowest BCUT2D eigenvalue weighted by Crippen LogP contribution is -2.02. The summed E-state index contributed by atoms with van der Waals surface area (Å²) >= 11 is 3.56. The summed E-state index contributed by atoms with van der Waals surface area (Å²) in [7, 11) is 0. The molecular weight excluding hydrogens is 329 g/mol. The Morgan fingerprint density at radius 3 is 2.57 bits per heavy atom. The topological polar surface area (TPSA) is 12.0 Å². The second-order valence-electron chi connectivity index (χ2n) is 5.09. The molecule has 0 saturated carbocycles. The predicted molar refractivity (Wildman–Crippen MR) is 90.1 cm³/mol. The molecule has 0 unspecified atom stereocenters. The fraction of sp³-hybridized carbons (Fsp3) is 0.111. The molecule has 0 amide bonds. The van der Waals surface area contributed by atoms with Crippen LogP contribution in [0.1, 0.15) is 11.1 Å². The van der Waals surface area contributed by atoms with Crippen molar-refractivity contribution < 1.29 is 4.39 Å². The molecule has 0 aliphatic heterocycles. The average molecular weight is 344 g/mol. The van der Waals surface area contributed by atoms with Gasteiger partial charge in [0.25, 0.3) is 0 Å². The highest BCUT2D eigenvalue weighted by Gasteiger charge is 2.06. The average Bonchev–Trinajstić information content (AvgIpc) is 2.50. The minimum Gasteiger partial charge on any atom is -0.380 e. The number of aryl methyl sites for hydroxylation is 1. The van der Waals surface area contributed by atoms with Gasteiger partial charge in [0, 0.05) is 27.7 Å². The van der Waals surface area contributed by atoms with Crippen molar-refractivity contribution in [3.05, 3.63) is 76.0 Å². The van der Waals surface area contributed by atoms with E-state index in [0.717, 1.165) is 26.5 Å². The summed E-state index contributed by atoms with van der Waals surface area (Å²) in [5.74, 6) is -0.172. The Labute approximate surface area is 131 Å². The zero-order valence-corrected chi connectivity index (χ0v) is 13.2. The van der Waals surface area contributed by atoms with Gasteiger partial charge in [0.1, 0.15) is 5.82 Å². The van der Waals surface area contributed by atoms with Gasteiger partial charge >= 0.3 is 0 Å². The lowest BCUT2D eigenvalue weighted by atomic mass is 10.1. The molecule has 106 valence electrons. The van der Waals surface area contributed by atoms with Crippen LogP contribution in [0.25, 0.3) is 10.8 Å². The van der Waals surface area contributed by atoms with Crippen molar-refractivity contribution in [1.82, 2.24) is 0 Å². The van der Waals surface area contributed by atoms with Gasteiger partial charge in [-0.05, 0) is 30.5 Å². The molecule has 0 atom stereocenters. The van der Waals surface area contributed by atoms with E-state index in [-0.39, 0.29) is 5.82 Å². The normalized spacial score (nSPS) is 10.8. The van der Waals surface area contributed by atoms with Gasteiger partial charge in [-0.2, -0.15) is 0 Å². The van der Waals surface area contributed by atoms with Crippen molar-refractivity contribution in [1.29, 1.82) is 0 Å². The molecule has 3 heteroatoms. The molecule has 0 fully saturated rings.